The van der Waals surface area contributed by atoms with Crippen LogP contribution in [-0.2, 0) is 18.4 Å². The number of aliphatic hydroxyl groups is 1. The average molecular weight is 228 g/mol. The van der Waals surface area contributed by atoms with Gasteiger partial charge in [-0.15, -0.1) is 0 Å². The lowest BCUT2D eigenvalue weighted by molar-refractivity contribution is -0.385. The van der Waals surface area contributed by atoms with Crippen LogP contribution in [-0.4, -0.2) is 27.2 Å². The van der Waals surface area contributed by atoms with Crippen LogP contribution in [0, 0.1) is 10.1 Å². The second-order valence-corrected chi connectivity index (χ2v) is 3.06. The standard InChI is InChI=1S/C9H12N2O5/c1-3-16-9(13)7-4-6(11(14)15)8(5-12)10(7)2/h4,12H,3,5H2,1-2H3. The Morgan fingerprint density at radius 2 is 2.31 bits per heavy atom. The van der Waals surface area contributed by atoms with Gasteiger partial charge in [-0.1, -0.05) is 0 Å². The Kier molecular flexibility index (Phi) is 3.62. The second-order valence-electron chi connectivity index (χ2n) is 3.06. The van der Waals surface area contributed by atoms with Crippen molar-refractivity contribution in [3.63, 3.8) is 0 Å². The first-order chi connectivity index (χ1) is 7.52. The number of ether oxygens (including phenoxy) is 1. The van der Waals surface area contributed by atoms with Crippen molar-refractivity contribution in [2.75, 3.05) is 6.61 Å². The smallest absolute Gasteiger partial charge is 0.355 e. The molecule has 0 radical (unpaired) electrons. The van der Waals surface area contributed by atoms with E-state index in [0.717, 1.165) is 6.07 Å². The minimum atomic E-state index is -0.646. The van der Waals surface area contributed by atoms with E-state index in [2.05, 4.69) is 0 Å². The molecule has 88 valence electrons. The average Bonchev–Trinajstić information content (AvgIpc) is 2.55. The van der Waals surface area contributed by atoms with Crippen molar-refractivity contribution in [2.24, 2.45) is 7.05 Å². The largest absolute Gasteiger partial charge is 0.461 e. The zero-order valence-corrected chi connectivity index (χ0v) is 8.97. The van der Waals surface area contributed by atoms with Gasteiger partial charge in [0.2, 0.25) is 0 Å². The van der Waals surface area contributed by atoms with E-state index in [9.17, 15) is 14.9 Å². The number of aromatic nitrogens is 1. The van der Waals surface area contributed by atoms with E-state index in [-0.39, 0.29) is 23.7 Å². The maximum Gasteiger partial charge on any atom is 0.355 e. The van der Waals surface area contributed by atoms with Crippen LogP contribution in [0.5, 0.6) is 0 Å². The molecule has 1 aromatic rings. The third-order valence-electron chi connectivity index (χ3n) is 2.17. The van der Waals surface area contributed by atoms with Gasteiger partial charge in [0.1, 0.15) is 11.4 Å². The Morgan fingerprint density at radius 3 is 2.69 bits per heavy atom. The second kappa shape index (κ2) is 4.75. The highest BCUT2D eigenvalue weighted by Crippen LogP contribution is 2.23. The highest BCUT2D eigenvalue weighted by molar-refractivity contribution is 5.89. The number of nitrogens with zero attached hydrogens (tertiary/aromatic N) is 2. The van der Waals surface area contributed by atoms with Crippen LogP contribution in [0.15, 0.2) is 6.07 Å². The van der Waals surface area contributed by atoms with Gasteiger partial charge in [-0.05, 0) is 6.92 Å². The summed E-state index contributed by atoms with van der Waals surface area (Å²) in [5, 5.41) is 19.7. The molecule has 7 nitrogen and oxygen atoms in total. The van der Waals surface area contributed by atoms with Gasteiger partial charge in [-0.25, -0.2) is 4.79 Å². The fraction of sp³-hybridized carbons (Fsp3) is 0.444. The Labute approximate surface area is 91.4 Å². The van der Waals surface area contributed by atoms with Gasteiger partial charge in [0.25, 0.3) is 5.69 Å². The van der Waals surface area contributed by atoms with Crippen molar-refractivity contribution < 1.29 is 19.6 Å². The molecule has 16 heavy (non-hydrogen) atoms. The summed E-state index contributed by atoms with van der Waals surface area (Å²) in [6, 6.07) is 1.10. The molecule has 0 atom stereocenters. The molecule has 0 aromatic carbocycles. The van der Waals surface area contributed by atoms with Crippen LogP contribution in [0.25, 0.3) is 0 Å². The van der Waals surface area contributed by atoms with E-state index in [1.807, 2.05) is 0 Å². The summed E-state index contributed by atoms with van der Waals surface area (Å²) in [6.45, 7) is 1.32. The molecule has 0 amide bonds. The molecule has 0 aliphatic carbocycles. The Bertz CT molecular complexity index is 424. The minimum absolute atomic E-state index is 0.0533. The zero-order valence-electron chi connectivity index (χ0n) is 8.97. The van der Waals surface area contributed by atoms with E-state index in [1.54, 1.807) is 6.92 Å². The molecule has 1 aromatic heterocycles. The van der Waals surface area contributed by atoms with Gasteiger partial charge in [0.05, 0.1) is 18.1 Å². The molecule has 7 heteroatoms. The first kappa shape index (κ1) is 12.2. The predicted octanol–water partition coefficient (Wildman–Crippen LogP) is 0.602. The summed E-state index contributed by atoms with van der Waals surface area (Å²) >= 11 is 0. The lowest BCUT2D eigenvalue weighted by Gasteiger charge is -2.03. The van der Waals surface area contributed by atoms with E-state index in [1.165, 1.54) is 11.6 Å². The number of nitro groups is 1. The topological polar surface area (TPSA) is 94.6 Å². The van der Waals surface area contributed by atoms with Crippen molar-refractivity contribution in [1.29, 1.82) is 0 Å². The van der Waals surface area contributed by atoms with Gasteiger partial charge in [0.15, 0.2) is 0 Å². The molecule has 0 spiro atoms. The summed E-state index contributed by atoms with van der Waals surface area (Å²) in [6.07, 6.45) is 0. The first-order valence-corrected chi connectivity index (χ1v) is 4.63. The molecule has 0 aliphatic rings. The Morgan fingerprint density at radius 1 is 1.69 bits per heavy atom. The molecule has 0 saturated heterocycles. The summed E-state index contributed by atoms with van der Waals surface area (Å²) in [5.41, 5.74) is -0.154. The van der Waals surface area contributed by atoms with Crippen molar-refractivity contribution in [1.82, 2.24) is 4.57 Å². The summed E-state index contributed by atoms with van der Waals surface area (Å²) in [7, 11) is 1.46. The monoisotopic (exact) mass is 228 g/mol. The SMILES string of the molecule is CCOC(=O)c1cc([N+](=O)[O-])c(CO)n1C. The first-order valence-electron chi connectivity index (χ1n) is 4.63. The van der Waals surface area contributed by atoms with Crippen molar-refractivity contribution >= 4 is 11.7 Å². The van der Waals surface area contributed by atoms with Crippen LogP contribution in [0.4, 0.5) is 5.69 Å². The molecule has 1 N–H and O–H groups in total. The maximum atomic E-state index is 11.4. The fourth-order valence-electron chi connectivity index (χ4n) is 1.37. The third kappa shape index (κ3) is 2.03. The van der Waals surface area contributed by atoms with Crippen molar-refractivity contribution in [3.8, 4) is 0 Å². The molecule has 0 bridgehead atoms. The molecule has 1 heterocycles. The van der Waals surface area contributed by atoms with E-state index >= 15 is 0 Å². The molecular weight excluding hydrogens is 216 g/mol. The summed E-state index contributed by atoms with van der Waals surface area (Å²) < 4.78 is 6.00. The molecule has 0 saturated carbocycles. The minimum Gasteiger partial charge on any atom is -0.461 e. The van der Waals surface area contributed by atoms with Gasteiger partial charge in [0, 0.05) is 13.1 Å². The lowest BCUT2D eigenvalue weighted by Crippen LogP contribution is -2.11. The van der Waals surface area contributed by atoms with Crippen molar-refractivity contribution in [2.45, 2.75) is 13.5 Å². The molecule has 0 fully saturated rings. The Balaban J connectivity index is 3.22. The normalized spacial score (nSPS) is 10.2. The summed E-state index contributed by atoms with van der Waals surface area (Å²) in [5.74, 6) is -0.646. The number of carbonyl (C=O) groups is 1. The summed E-state index contributed by atoms with van der Waals surface area (Å²) in [4.78, 5) is 21.4. The van der Waals surface area contributed by atoms with Crippen LogP contribution in [0.1, 0.15) is 23.1 Å². The van der Waals surface area contributed by atoms with Crippen molar-refractivity contribution in [3.05, 3.63) is 27.6 Å². The number of rotatable bonds is 4. The van der Waals surface area contributed by atoms with E-state index < -0.39 is 17.5 Å². The number of carbonyl (C=O) groups excluding carboxylic acids is 1. The Hall–Kier alpha value is -1.89. The van der Waals surface area contributed by atoms with Crippen LogP contribution in [0.2, 0.25) is 0 Å². The fourth-order valence-corrected chi connectivity index (χ4v) is 1.37. The zero-order chi connectivity index (χ0) is 12.3. The van der Waals surface area contributed by atoms with Gasteiger partial charge >= 0.3 is 5.97 Å². The number of hydrogen-bond donors (Lipinski definition) is 1. The van der Waals surface area contributed by atoms with E-state index in [0.29, 0.717) is 0 Å². The lowest BCUT2D eigenvalue weighted by atomic mass is 10.3. The molecule has 1 rings (SSSR count). The van der Waals surface area contributed by atoms with E-state index in [4.69, 9.17) is 9.84 Å². The number of aliphatic hydroxyl groups excluding tert-OH is 1. The predicted molar refractivity (Wildman–Crippen MR) is 53.9 cm³/mol. The molecule has 0 aliphatic heterocycles. The number of hydrogen-bond acceptors (Lipinski definition) is 5. The van der Waals surface area contributed by atoms with Gasteiger partial charge in [-0.2, -0.15) is 0 Å². The highest BCUT2D eigenvalue weighted by atomic mass is 16.6. The van der Waals surface area contributed by atoms with Gasteiger partial charge in [-0.3, -0.25) is 10.1 Å². The number of esters is 1. The molecular formula is C9H12N2O5. The maximum absolute atomic E-state index is 11.4. The highest BCUT2D eigenvalue weighted by Gasteiger charge is 2.24. The van der Waals surface area contributed by atoms with Crippen LogP contribution in [0.3, 0.4) is 0 Å². The van der Waals surface area contributed by atoms with Gasteiger partial charge < -0.3 is 14.4 Å². The van der Waals surface area contributed by atoms with Crippen LogP contribution >= 0.6 is 0 Å². The van der Waals surface area contributed by atoms with Crippen LogP contribution < -0.4 is 0 Å². The third-order valence-corrected chi connectivity index (χ3v) is 2.17. The molecule has 0 unspecified atom stereocenters. The quantitative estimate of drug-likeness (QED) is 0.462.